The summed E-state index contributed by atoms with van der Waals surface area (Å²) in [7, 11) is 0. The fourth-order valence-corrected chi connectivity index (χ4v) is 4.83. The van der Waals surface area contributed by atoms with Crippen molar-refractivity contribution in [3.8, 4) is 22.6 Å². The van der Waals surface area contributed by atoms with E-state index < -0.39 is 0 Å². The van der Waals surface area contributed by atoms with Crippen molar-refractivity contribution in [3.05, 3.63) is 59.1 Å². The third kappa shape index (κ3) is 4.40. The molecule has 0 N–H and O–H groups in total. The van der Waals surface area contributed by atoms with Gasteiger partial charge in [-0.25, -0.2) is 19.3 Å². The second-order valence-electron chi connectivity index (χ2n) is 11.3. The van der Waals surface area contributed by atoms with E-state index in [9.17, 15) is 0 Å². The molecule has 1 saturated carbocycles. The largest absolute Gasteiger partial charge is 0.304 e. The Balaban J connectivity index is 0.00000259. The molecular formula is C27H30FIrN4-. The normalized spacial score (nSPS) is 19.4. The fraction of sp³-hybridized carbons (Fsp3) is 0.481. The standard InChI is InChI=1S/C27H30FN4.Ir/c1-26(2,3)24-30-23(31-25(32-24)27(4,5)6)20-14-29-22(13-21(20)28)17-9-10-18-15-7-8-16(11-15)19(18)12-17;/h10,12-16H,7-8,11H2,1-6H3;/q-1;. The summed E-state index contributed by atoms with van der Waals surface area (Å²) in [4.78, 5) is 18.5. The molecule has 1 fully saturated rings. The predicted octanol–water partition coefficient (Wildman–Crippen LogP) is 6.50. The first-order valence-electron chi connectivity index (χ1n) is 11.5. The van der Waals surface area contributed by atoms with E-state index in [1.165, 1.54) is 36.5 Å². The van der Waals surface area contributed by atoms with Crippen LogP contribution in [0.5, 0.6) is 0 Å². The van der Waals surface area contributed by atoms with Gasteiger partial charge in [-0.05, 0) is 36.4 Å². The van der Waals surface area contributed by atoms with Crippen LogP contribution in [0.3, 0.4) is 0 Å². The summed E-state index contributed by atoms with van der Waals surface area (Å²) in [6.45, 7) is 12.3. The first-order chi connectivity index (χ1) is 15.0. The van der Waals surface area contributed by atoms with E-state index in [0.717, 1.165) is 5.56 Å². The maximum Gasteiger partial charge on any atom is 0.167 e. The molecule has 2 aliphatic carbocycles. The van der Waals surface area contributed by atoms with E-state index in [4.69, 9.17) is 0 Å². The smallest absolute Gasteiger partial charge is 0.167 e. The topological polar surface area (TPSA) is 51.6 Å². The Kier molecular flexibility index (Phi) is 6.07. The van der Waals surface area contributed by atoms with Gasteiger partial charge in [-0.3, -0.25) is 0 Å². The van der Waals surface area contributed by atoms with Crippen LogP contribution in [-0.4, -0.2) is 19.9 Å². The summed E-state index contributed by atoms with van der Waals surface area (Å²) in [6.07, 6.45) is 5.34. The molecule has 2 heterocycles. The van der Waals surface area contributed by atoms with Crippen molar-refractivity contribution in [2.24, 2.45) is 0 Å². The van der Waals surface area contributed by atoms with E-state index >= 15 is 4.39 Å². The molecule has 2 aromatic heterocycles. The SMILES string of the molecule is CC(C)(C)c1nc(-c2cnc(-c3[c-]cc4c(c3)C3CCC4C3)cc2F)nc(C(C)(C)C)n1.[Ir]. The second-order valence-corrected chi connectivity index (χ2v) is 11.3. The van der Waals surface area contributed by atoms with Crippen LogP contribution in [0.25, 0.3) is 22.6 Å². The van der Waals surface area contributed by atoms with Gasteiger partial charge in [0.1, 0.15) is 17.5 Å². The van der Waals surface area contributed by atoms with Gasteiger partial charge in [0.2, 0.25) is 0 Å². The van der Waals surface area contributed by atoms with Gasteiger partial charge in [-0.1, -0.05) is 48.0 Å². The number of aromatic nitrogens is 4. The minimum Gasteiger partial charge on any atom is -0.304 e. The van der Waals surface area contributed by atoms with Crippen LogP contribution in [0, 0.1) is 11.9 Å². The van der Waals surface area contributed by atoms with E-state index in [1.807, 2.05) is 41.5 Å². The van der Waals surface area contributed by atoms with Gasteiger partial charge in [0.25, 0.3) is 0 Å². The molecule has 2 atom stereocenters. The van der Waals surface area contributed by atoms with Crippen molar-refractivity contribution in [2.75, 3.05) is 0 Å². The Morgan fingerprint density at radius 1 is 0.879 bits per heavy atom. The molecule has 175 valence electrons. The number of pyridine rings is 1. The molecule has 0 amide bonds. The van der Waals surface area contributed by atoms with E-state index in [1.54, 1.807) is 6.20 Å². The maximum atomic E-state index is 15.3. The molecule has 2 bridgehead atoms. The number of hydrogen-bond donors (Lipinski definition) is 0. The predicted molar refractivity (Wildman–Crippen MR) is 124 cm³/mol. The molecule has 3 aromatic rings. The number of fused-ring (bicyclic) bond motifs is 5. The van der Waals surface area contributed by atoms with Gasteiger partial charge in [0, 0.05) is 37.1 Å². The van der Waals surface area contributed by atoms with Gasteiger partial charge in [-0.15, -0.1) is 34.9 Å². The number of halogens is 1. The van der Waals surface area contributed by atoms with Crippen molar-refractivity contribution in [1.82, 2.24) is 19.9 Å². The van der Waals surface area contributed by atoms with Crippen molar-refractivity contribution in [1.29, 1.82) is 0 Å². The van der Waals surface area contributed by atoms with Crippen LogP contribution >= 0.6 is 0 Å². The summed E-state index contributed by atoms with van der Waals surface area (Å²) in [5.41, 5.74) is 4.02. The molecule has 1 radical (unpaired) electrons. The molecule has 2 aliphatic rings. The van der Waals surface area contributed by atoms with Crippen molar-refractivity contribution >= 4 is 0 Å². The van der Waals surface area contributed by atoms with Crippen molar-refractivity contribution < 1.29 is 24.5 Å². The average molecular weight is 622 g/mol. The van der Waals surface area contributed by atoms with Gasteiger partial charge in [0.15, 0.2) is 5.82 Å². The molecule has 0 saturated heterocycles. The molecule has 6 heteroatoms. The van der Waals surface area contributed by atoms with Gasteiger partial charge in [0.05, 0.1) is 5.56 Å². The molecule has 0 aliphatic heterocycles. The molecule has 2 unspecified atom stereocenters. The quantitative estimate of drug-likeness (QED) is 0.307. The number of nitrogens with zero attached hydrogens (tertiary/aromatic N) is 4. The number of hydrogen-bond acceptors (Lipinski definition) is 4. The zero-order valence-electron chi connectivity index (χ0n) is 20.1. The number of benzene rings is 1. The van der Waals surface area contributed by atoms with Gasteiger partial charge >= 0.3 is 0 Å². The van der Waals surface area contributed by atoms with Crippen molar-refractivity contribution in [3.63, 3.8) is 0 Å². The molecular weight excluding hydrogens is 592 g/mol. The third-order valence-corrected chi connectivity index (χ3v) is 6.68. The monoisotopic (exact) mass is 622 g/mol. The summed E-state index contributed by atoms with van der Waals surface area (Å²) in [5, 5.41) is 0. The molecule has 33 heavy (non-hydrogen) atoms. The second kappa shape index (κ2) is 8.32. The molecule has 1 aromatic carbocycles. The Hall–Kier alpha value is -2.04. The maximum absolute atomic E-state index is 15.3. The van der Waals surface area contributed by atoms with Crippen LogP contribution in [-0.2, 0) is 30.9 Å². The molecule has 4 nitrogen and oxygen atoms in total. The number of rotatable bonds is 2. The van der Waals surface area contributed by atoms with Crippen LogP contribution in [0.1, 0.15) is 95.4 Å². The van der Waals surface area contributed by atoms with E-state index in [2.05, 4.69) is 38.1 Å². The third-order valence-electron chi connectivity index (χ3n) is 6.68. The van der Waals surface area contributed by atoms with Crippen LogP contribution in [0.4, 0.5) is 4.39 Å². The zero-order valence-corrected chi connectivity index (χ0v) is 22.5. The summed E-state index contributed by atoms with van der Waals surface area (Å²) in [5.74, 6) is 2.59. The van der Waals surface area contributed by atoms with Crippen LogP contribution in [0.15, 0.2) is 24.4 Å². The Labute approximate surface area is 209 Å². The fourth-order valence-electron chi connectivity index (χ4n) is 4.83. The summed E-state index contributed by atoms with van der Waals surface area (Å²) < 4.78 is 15.3. The van der Waals surface area contributed by atoms with Gasteiger partial charge < -0.3 is 4.98 Å². The minimum absolute atomic E-state index is 0. The Morgan fingerprint density at radius 2 is 1.48 bits per heavy atom. The van der Waals surface area contributed by atoms with Crippen LogP contribution < -0.4 is 0 Å². The Bertz CT molecular complexity index is 1180. The van der Waals surface area contributed by atoms with Crippen molar-refractivity contribution in [2.45, 2.75) is 83.5 Å². The average Bonchev–Trinajstić information content (AvgIpc) is 3.34. The molecule has 5 rings (SSSR count). The van der Waals surface area contributed by atoms with E-state index in [-0.39, 0.29) is 36.8 Å². The first-order valence-corrected chi connectivity index (χ1v) is 11.5. The minimum atomic E-state index is -0.378. The summed E-state index contributed by atoms with van der Waals surface area (Å²) >= 11 is 0. The zero-order chi connectivity index (χ0) is 22.8. The van der Waals surface area contributed by atoms with Gasteiger partial charge in [-0.2, -0.15) is 0 Å². The first kappa shape index (κ1) is 24.1. The van der Waals surface area contributed by atoms with Crippen LogP contribution in [0.2, 0.25) is 0 Å². The summed E-state index contributed by atoms with van der Waals surface area (Å²) in [6, 6.07) is 9.09. The Morgan fingerprint density at radius 3 is 2.06 bits per heavy atom. The molecule has 0 spiro atoms. The van der Waals surface area contributed by atoms with E-state index in [0.29, 0.717) is 40.6 Å².